The van der Waals surface area contributed by atoms with Gasteiger partial charge in [-0.1, -0.05) is 76.2 Å². The molecule has 2 saturated heterocycles. The fourth-order valence-corrected chi connectivity index (χ4v) is 10.2. The van der Waals surface area contributed by atoms with Crippen LogP contribution >= 0.6 is 0 Å². The molecule has 2 bridgehead atoms. The number of aromatic nitrogens is 4. The van der Waals surface area contributed by atoms with Gasteiger partial charge in [-0.2, -0.15) is 0 Å². The first-order valence-electron chi connectivity index (χ1n) is 21.9. The molecule has 0 radical (unpaired) electrons. The summed E-state index contributed by atoms with van der Waals surface area (Å²) in [4.78, 5) is 72.7. The molecule has 2 saturated carbocycles. The van der Waals surface area contributed by atoms with Crippen molar-refractivity contribution in [2.24, 2.45) is 23.2 Å². The average Bonchev–Trinajstić information content (AvgIpc) is 3.91. The molecule has 324 valence electrons. The Morgan fingerprint density at radius 3 is 1.89 bits per heavy atom. The quantitative estimate of drug-likeness (QED) is 0.103. The minimum Gasteiger partial charge on any atom is -0.453 e. The number of aromatic amines is 2. The van der Waals surface area contributed by atoms with Crippen LogP contribution in [0.1, 0.15) is 90.0 Å². The highest BCUT2D eigenvalue weighted by atomic mass is 16.5. The fourth-order valence-electron chi connectivity index (χ4n) is 10.2. The van der Waals surface area contributed by atoms with E-state index >= 15 is 0 Å². The van der Waals surface area contributed by atoms with Crippen LogP contribution < -0.4 is 10.6 Å². The summed E-state index contributed by atoms with van der Waals surface area (Å²) in [6.45, 7) is 8.37. The predicted molar refractivity (Wildman–Crippen MR) is 234 cm³/mol. The molecule has 9 rings (SSSR count). The molecule has 5 aromatic rings. The third kappa shape index (κ3) is 7.68. The highest BCUT2D eigenvalue weighted by molar-refractivity contribution is 5.91. The van der Waals surface area contributed by atoms with E-state index < -0.39 is 24.3 Å². The topological polar surface area (TPSA) is 175 Å². The van der Waals surface area contributed by atoms with E-state index in [9.17, 15) is 19.2 Å². The van der Waals surface area contributed by atoms with E-state index in [4.69, 9.17) is 19.4 Å². The van der Waals surface area contributed by atoms with E-state index in [-0.39, 0.29) is 47.2 Å². The van der Waals surface area contributed by atoms with Gasteiger partial charge in [-0.05, 0) is 101 Å². The van der Waals surface area contributed by atoms with Crippen molar-refractivity contribution >= 4 is 34.8 Å². The van der Waals surface area contributed by atoms with Crippen LogP contribution in [0.15, 0.2) is 73.1 Å². The zero-order chi connectivity index (χ0) is 43.4. The summed E-state index contributed by atoms with van der Waals surface area (Å²) in [7, 11) is 2.62. The molecule has 2 aliphatic carbocycles. The Labute approximate surface area is 361 Å². The lowest BCUT2D eigenvalue weighted by Crippen LogP contribution is -2.54. The second-order valence-corrected chi connectivity index (χ2v) is 18.5. The number of fused-ring (bicyclic) bond motifs is 3. The Kier molecular flexibility index (Phi) is 10.8. The minimum absolute atomic E-state index is 0.0907. The fraction of sp³-hybridized carbons (Fsp3) is 0.458. The van der Waals surface area contributed by atoms with Gasteiger partial charge in [-0.15, -0.1) is 0 Å². The monoisotopic (exact) mass is 840 g/mol. The molecule has 4 fully saturated rings. The van der Waals surface area contributed by atoms with E-state index in [1.54, 1.807) is 0 Å². The summed E-state index contributed by atoms with van der Waals surface area (Å²) in [6.07, 6.45) is 8.43. The van der Waals surface area contributed by atoms with Crippen LogP contribution in [0.5, 0.6) is 0 Å². The lowest BCUT2D eigenvalue weighted by atomic mass is 9.95. The number of methoxy groups -OCH3 is 2. The number of likely N-dealkylation sites (tertiary alicyclic amines) is 2. The minimum atomic E-state index is -0.687. The Morgan fingerprint density at radius 1 is 0.710 bits per heavy atom. The number of amides is 4. The summed E-state index contributed by atoms with van der Waals surface area (Å²) >= 11 is 0. The smallest absolute Gasteiger partial charge is 0.407 e. The van der Waals surface area contributed by atoms with Gasteiger partial charge in [0.15, 0.2) is 0 Å². The average molecular weight is 841 g/mol. The lowest BCUT2D eigenvalue weighted by Gasteiger charge is -2.37. The first-order valence-corrected chi connectivity index (χ1v) is 21.9. The van der Waals surface area contributed by atoms with Crippen LogP contribution in [-0.2, 0) is 19.1 Å². The molecule has 1 spiro atoms. The first-order chi connectivity index (χ1) is 29.8. The number of piperidine rings is 1. The van der Waals surface area contributed by atoms with E-state index in [0.717, 1.165) is 94.6 Å². The van der Waals surface area contributed by atoms with Gasteiger partial charge in [0, 0.05) is 18.2 Å². The Hall–Kier alpha value is -6.18. The Morgan fingerprint density at radius 2 is 1.26 bits per heavy atom. The SMILES string of the molecule is COC(=O)NC(C(=O)N1CC2(CC2)C[C@H]1c1ncc(-c2ccc3cc(-c4ccc(-c5cnc([C@@H]6[C@H]7CC[C@H](C7)N6C(=O)[C@@H](NC(=O)OC)C(C)C)[nH]5)cc4)ccc3c2)[nH]1)C(C)C. The number of benzene rings is 3. The van der Waals surface area contributed by atoms with Crippen LogP contribution in [0.2, 0.25) is 0 Å². The maximum Gasteiger partial charge on any atom is 0.407 e. The van der Waals surface area contributed by atoms with Crippen molar-refractivity contribution in [2.75, 3.05) is 20.8 Å². The van der Waals surface area contributed by atoms with Gasteiger partial charge in [0.1, 0.15) is 23.7 Å². The van der Waals surface area contributed by atoms with Crippen LogP contribution in [0, 0.1) is 23.2 Å². The molecule has 4 N–H and O–H groups in total. The summed E-state index contributed by atoms with van der Waals surface area (Å²) in [6, 6.07) is 19.7. The standard InChI is InChI=1S/C48H56N8O6/c1-26(2)39(53-46(59)61-5)44(57)55-25-48(17-18-48)22-38(55)42-49-24-37(51-42)33-14-13-31-19-30(11-12-32(31)20-33)28-7-9-29(10-8-28)36-23-50-43(52-36)41-34-15-16-35(21-34)56(41)45(58)40(27(3)4)54-47(60)62-6/h7-14,19-20,23-24,26-27,34-35,38-41H,15-18,21-22,25H2,1-6H3,(H,49,51)(H,50,52)(H,53,59)(H,54,60)/t34-,35+,38-,39?,40-,41-/m0/s1. The molecular weight excluding hydrogens is 785 g/mol. The number of nitrogens with one attached hydrogen (secondary N) is 4. The number of ether oxygens (including phenoxy) is 2. The molecule has 6 atom stereocenters. The third-order valence-corrected chi connectivity index (χ3v) is 13.8. The van der Waals surface area contributed by atoms with Gasteiger partial charge >= 0.3 is 12.2 Å². The molecule has 14 nitrogen and oxygen atoms in total. The third-order valence-electron chi connectivity index (χ3n) is 13.8. The molecule has 14 heteroatoms. The number of hydrogen-bond acceptors (Lipinski definition) is 8. The van der Waals surface area contributed by atoms with Crippen molar-refractivity contribution in [1.82, 2.24) is 40.4 Å². The highest BCUT2D eigenvalue weighted by Crippen LogP contribution is 2.58. The molecule has 2 aliphatic heterocycles. The zero-order valence-electron chi connectivity index (χ0n) is 36.2. The van der Waals surface area contributed by atoms with Crippen molar-refractivity contribution in [1.29, 1.82) is 0 Å². The number of carbonyl (C=O) groups excluding carboxylic acids is 4. The van der Waals surface area contributed by atoms with Gasteiger partial charge in [0.25, 0.3) is 0 Å². The maximum atomic E-state index is 14.0. The lowest BCUT2D eigenvalue weighted by molar-refractivity contribution is -0.139. The van der Waals surface area contributed by atoms with E-state index in [2.05, 4.69) is 81.3 Å². The van der Waals surface area contributed by atoms with E-state index in [1.807, 2.05) is 49.9 Å². The molecular formula is C48H56N8O6. The zero-order valence-corrected chi connectivity index (χ0v) is 36.2. The number of carbonyl (C=O) groups is 4. The molecule has 4 aliphatic rings. The van der Waals surface area contributed by atoms with Crippen molar-refractivity contribution in [3.05, 3.63) is 84.7 Å². The Bertz CT molecular complexity index is 2510. The van der Waals surface area contributed by atoms with Crippen LogP contribution in [-0.4, -0.2) is 92.6 Å². The summed E-state index contributed by atoms with van der Waals surface area (Å²) < 4.78 is 9.65. The van der Waals surface area contributed by atoms with Gasteiger partial charge in [0.05, 0.1) is 50.1 Å². The van der Waals surface area contributed by atoms with Crippen molar-refractivity contribution < 1.29 is 28.7 Å². The molecule has 1 unspecified atom stereocenters. The number of H-pyrrole nitrogens is 2. The van der Waals surface area contributed by atoms with Gasteiger partial charge in [-0.3, -0.25) is 9.59 Å². The number of hydrogen-bond donors (Lipinski definition) is 4. The van der Waals surface area contributed by atoms with E-state index in [0.29, 0.717) is 12.5 Å². The highest BCUT2D eigenvalue weighted by Gasteiger charge is 2.55. The molecule has 4 heterocycles. The molecule has 4 amide bonds. The molecule has 2 aromatic heterocycles. The summed E-state index contributed by atoms with van der Waals surface area (Å²) in [5.41, 5.74) is 6.09. The second kappa shape index (κ2) is 16.3. The number of nitrogens with zero attached hydrogens (tertiary/aromatic N) is 4. The molecule has 62 heavy (non-hydrogen) atoms. The van der Waals surface area contributed by atoms with Crippen LogP contribution in [0.25, 0.3) is 44.4 Å². The predicted octanol–water partition coefficient (Wildman–Crippen LogP) is 8.15. The van der Waals surface area contributed by atoms with Crippen molar-refractivity contribution in [3.63, 3.8) is 0 Å². The summed E-state index contributed by atoms with van der Waals surface area (Å²) in [5.74, 6) is 1.45. The van der Waals surface area contributed by atoms with Crippen molar-refractivity contribution in [3.8, 4) is 33.6 Å². The largest absolute Gasteiger partial charge is 0.453 e. The number of alkyl carbamates (subject to hydrolysis) is 2. The Balaban J connectivity index is 0.893. The van der Waals surface area contributed by atoms with Crippen LogP contribution in [0.3, 0.4) is 0 Å². The van der Waals surface area contributed by atoms with E-state index in [1.165, 1.54) is 14.2 Å². The molecule has 3 aromatic carbocycles. The maximum absolute atomic E-state index is 14.0. The van der Waals surface area contributed by atoms with Crippen molar-refractivity contribution in [2.45, 2.75) is 96.4 Å². The van der Waals surface area contributed by atoms with Gasteiger partial charge in [-0.25, -0.2) is 19.6 Å². The van der Waals surface area contributed by atoms with Gasteiger partial charge < -0.3 is 39.9 Å². The first kappa shape index (κ1) is 41.2. The number of rotatable bonds is 11. The second-order valence-electron chi connectivity index (χ2n) is 18.5. The number of imidazole rings is 2. The summed E-state index contributed by atoms with van der Waals surface area (Å²) in [5, 5.41) is 7.73. The van der Waals surface area contributed by atoms with Crippen LogP contribution in [0.4, 0.5) is 9.59 Å². The van der Waals surface area contributed by atoms with Gasteiger partial charge in [0.2, 0.25) is 11.8 Å². The normalized spacial score (nSPS) is 22.1.